The lowest BCUT2D eigenvalue weighted by Crippen LogP contribution is -2.06. The summed E-state index contributed by atoms with van der Waals surface area (Å²) in [5.41, 5.74) is 2.28. The molecular weight excluding hydrogens is 324 g/mol. The highest BCUT2D eigenvalue weighted by molar-refractivity contribution is 9.10. The van der Waals surface area contributed by atoms with Crippen molar-refractivity contribution in [1.82, 2.24) is 0 Å². The Bertz CT molecular complexity index is 540. The average Bonchev–Trinajstić information content (AvgIpc) is 2.42. The highest BCUT2D eigenvalue weighted by atomic mass is 79.9. The van der Waals surface area contributed by atoms with Gasteiger partial charge in [-0.2, -0.15) is 0 Å². The minimum Gasteiger partial charge on any atom is -0.497 e. The molecule has 2 aromatic rings. The van der Waals surface area contributed by atoms with E-state index in [4.69, 9.17) is 16.3 Å². The monoisotopic (exact) mass is 337 g/mol. The number of hydrogen-bond acceptors (Lipinski definition) is 1. The summed E-state index contributed by atoms with van der Waals surface area (Å²) >= 11 is 9.93. The van der Waals surface area contributed by atoms with Crippen LogP contribution in [0.25, 0.3) is 0 Å². The Morgan fingerprint density at radius 3 is 2.42 bits per heavy atom. The summed E-state index contributed by atoms with van der Waals surface area (Å²) in [5.74, 6) is 0.879. The predicted octanol–water partition coefficient (Wildman–Crippen LogP) is 5.38. The van der Waals surface area contributed by atoms with Crippen LogP contribution in [0.3, 0.4) is 0 Å². The minimum atomic E-state index is 0.0485. The van der Waals surface area contributed by atoms with Crippen molar-refractivity contribution in [2.24, 2.45) is 0 Å². The van der Waals surface area contributed by atoms with E-state index in [0.29, 0.717) is 0 Å². The third-order valence-corrected chi connectivity index (χ3v) is 3.99. The minimum absolute atomic E-state index is 0.0485. The molecule has 0 aliphatic carbocycles. The van der Waals surface area contributed by atoms with Gasteiger partial charge in [0.1, 0.15) is 5.75 Å². The van der Waals surface area contributed by atoms with Gasteiger partial charge in [-0.15, -0.1) is 11.6 Å². The Morgan fingerprint density at radius 1 is 1.16 bits per heavy atom. The zero-order valence-corrected chi connectivity index (χ0v) is 13.2. The van der Waals surface area contributed by atoms with E-state index in [1.807, 2.05) is 43.3 Å². The number of rotatable bonds is 4. The molecular formula is C16H15BrClO. The molecule has 0 aliphatic rings. The Morgan fingerprint density at radius 2 is 1.84 bits per heavy atom. The first-order valence-electron chi connectivity index (χ1n) is 6.01. The molecule has 2 aromatic carbocycles. The molecule has 0 saturated carbocycles. The van der Waals surface area contributed by atoms with Crippen LogP contribution in [0.4, 0.5) is 0 Å². The van der Waals surface area contributed by atoms with Gasteiger partial charge < -0.3 is 4.74 Å². The van der Waals surface area contributed by atoms with Crippen molar-refractivity contribution >= 4 is 27.5 Å². The fourth-order valence-electron chi connectivity index (χ4n) is 2.14. The van der Waals surface area contributed by atoms with Gasteiger partial charge in [-0.1, -0.05) is 46.3 Å². The van der Waals surface area contributed by atoms with E-state index in [1.165, 1.54) is 5.56 Å². The number of benzene rings is 2. The molecule has 0 saturated heterocycles. The van der Waals surface area contributed by atoms with E-state index in [-0.39, 0.29) is 5.92 Å². The SMILES string of the molecule is COc1ccc(Br)c(C([C](C)Cl)c2ccccc2)c1. The molecule has 0 heterocycles. The summed E-state index contributed by atoms with van der Waals surface area (Å²) in [7, 11) is 1.67. The zero-order valence-electron chi connectivity index (χ0n) is 10.9. The van der Waals surface area contributed by atoms with Crippen LogP contribution in [0.1, 0.15) is 24.0 Å². The second kappa shape index (κ2) is 6.44. The maximum Gasteiger partial charge on any atom is 0.119 e. The quantitative estimate of drug-likeness (QED) is 0.727. The van der Waals surface area contributed by atoms with Crippen molar-refractivity contribution in [3.05, 3.63) is 69.5 Å². The van der Waals surface area contributed by atoms with Crippen LogP contribution in [0.5, 0.6) is 5.75 Å². The number of methoxy groups -OCH3 is 1. The molecule has 0 spiro atoms. The molecule has 0 amide bonds. The van der Waals surface area contributed by atoms with Gasteiger partial charge in [0.25, 0.3) is 0 Å². The number of ether oxygens (including phenoxy) is 1. The first kappa shape index (κ1) is 14.4. The zero-order chi connectivity index (χ0) is 13.8. The van der Waals surface area contributed by atoms with Crippen molar-refractivity contribution in [3.63, 3.8) is 0 Å². The predicted molar refractivity (Wildman–Crippen MR) is 83.7 cm³/mol. The molecule has 0 fully saturated rings. The molecule has 1 unspecified atom stereocenters. The molecule has 0 bridgehead atoms. The van der Waals surface area contributed by atoms with E-state index >= 15 is 0 Å². The van der Waals surface area contributed by atoms with Crippen molar-refractivity contribution in [3.8, 4) is 5.75 Å². The molecule has 3 heteroatoms. The van der Waals surface area contributed by atoms with Gasteiger partial charge in [0.15, 0.2) is 0 Å². The first-order valence-corrected chi connectivity index (χ1v) is 7.18. The third-order valence-electron chi connectivity index (χ3n) is 3.04. The summed E-state index contributed by atoms with van der Waals surface area (Å²) in [6, 6.07) is 16.2. The third kappa shape index (κ3) is 3.31. The maximum atomic E-state index is 6.34. The van der Waals surface area contributed by atoms with Crippen LogP contribution in [-0.2, 0) is 0 Å². The standard InChI is InChI=1S/C16H15BrClO/c1-11(18)16(12-6-4-3-5-7-12)14-10-13(19-2)8-9-15(14)17/h3-10,16H,1-2H3. The summed E-state index contributed by atoms with van der Waals surface area (Å²) in [4.78, 5) is 0. The highest BCUT2D eigenvalue weighted by Crippen LogP contribution is 2.40. The lowest BCUT2D eigenvalue weighted by atomic mass is 9.89. The molecule has 1 radical (unpaired) electrons. The van der Waals surface area contributed by atoms with Gasteiger partial charge in [0.05, 0.1) is 12.5 Å². The van der Waals surface area contributed by atoms with Gasteiger partial charge in [-0.25, -0.2) is 0 Å². The van der Waals surface area contributed by atoms with E-state index in [0.717, 1.165) is 21.2 Å². The van der Waals surface area contributed by atoms with Crippen LogP contribution < -0.4 is 4.74 Å². The molecule has 0 aliphatic heterocycles. The van der Waals surface area contributed by atoms with Crippen LogP contribution in [0, 0.1) is 5.38 Å². The second-order valence-corrected chi connectivity index (χ2v) is 5.77. The first-order chi connectivity index (χ1) is 9.13. The maximum absolute atomic E-state index is 6.34. The van der Waals surface area contributed by atoms with Crippen LogP contribution >= 0.6 is 27.5 Å². The normalized spacial score (nSPS) is 12.5. The fourth-order valence-corrected chi connectivity index (χ4v) is 2.86. The van der Waals surface area contributed by atoms with Crippen LogP contribution in [0.15, 0.2) is 53.0 Å². The van der Waals surface area contributed by atoms with Crippen LogP contribution in [-0.4, -0.2) is 7.11 Å². The smallest absolute Gasteiger partial charge is 0.119 e. The Labute approximate surface area is 127 Å². The number of hydrogen-bond donors (Lipinski definition) is 0. The van der Waals surface area contributed by atoms with E-state index in [1.54, 1.807) is 7.11 Å². The topological polar surface area (TPSA) is 9.23 Å². The summed E-state index contributed by atoms with van der Waals surface area (Å²) in [6.45, 7) is 1.94. The van der Waals surface area contributed by atoms with Gasteiger partial charge in [-0.3, -0.25) is 0 Å². The van der Waals surface area contributed by atoms with Gasteiger partial charge in [0.2, 0.25) is 0 Å². The van der Waals surface area contributed by atoms with Gasteiger partial charge in [0, 0.05) is 10.4 Å². The molecule has 1 nitrogen and oxygen atoms in total. The molecule has 1 atom stereocenters. The lowest BCUT2D eigenvalue weighted by Gasteiger charge is -2.21. The average molecular weight is 339 g/mol. The van der Waals surface area contributed by atoms with Gasteiger partial charge in [-0.05, 0) is 36.2 Å². The Balaban J connectivity index is 2.51. The molecule has 99 valence electrons. The van der Waals surface area contributed by atoms with Crippen molar-refractivity contribution in [1.29, 1.82) is 0 Å². The molecule has 0 N–H and O–H groups in total. The van der Waals surface area contributed by atoms with E-state index < -0.39 is 0 Å². The fraction of sp³-hybridized carbons (Fsp3) is 0.188. The molecule has 0 aromatic heterocycles. The number of halogens is 2. The Kier molecular flexibility index (Phi) is 4.89. The summed E-state index contributed by atoms with van der Waals surface area (Å²) in [6.07, 6.45) is 0. The lowest BCUT2D eigenvalue weighted by molar-refractivity contribution is 0.414. The van der Waals surface area contributed by atoms with Crippen molar-refractivity contribution in [2.45, 2.75) is 12.8 Å². The highest BCUT2D eigenvalue weighted by Gasteiger charge is 2.23. The van der Waals surface area contributed by atoms with E-state index in [9.17, 15) is 0 Å². The van der Waals surface area contributed by atoms with Crippen molar-refractivity contribution in [2.75, 3.05) is 7.11 Å². The van der Waals surface area contributed by atoms with Crippen LogP contribution in [0.2, 0.25) is 0 Å². The molecule has 19 heavy (non-hydrogen) atoms. The molecule has 2 rings (SSSR count). The summed E-state index contributed by atoms with van der Waals surface area (Å²) < 4.78 is 6.33. The largest absolute Gasteiger partial charge is 0.497 e. The summed E-state index contributed by atoms with van der Waals surface area (Å²) in [5, 5.41) is 0.833. The van der Waals surface area contributed by atoms with Gasteiger partial charge >= 0.3 is 0 Å². The van der Waals surface area contributed by atoms with Crippen molar-refractivity contribution < 1.29 is 4.74 Å². The second-order valence-electron chi connectivity index (χ2n) is 4.32. The Hall–Kier alpha value is -0.990. The van der Waals surface area contributed by atoms with E-state index in [2.05, 4.69) is 28.1 Å².